The average Bonchev–Trinajstić information content (AvgIpc) is 3.52. The highest BCUT2D eigenvalue weighted by Gasteiger charge is 2.34. The fourth-order valence-corrected chi connectivity index (χ4v) is 7.22. The van der Waals surface area contributed by atoms with Gasteiger partial charge in [-0.25, -0.2) is 12.8 Å². The van der Waals surface area contributed by atoms with Crippen molar-refractivity contribution < 1.29 is 31.9 Å². The fraction of sp³-hybridized carbons (Fsp3) is 0.355. The second-order valence-electron chi connectivity index (χ2n) is 10.7. The highest BCUT2D eigenvalue weighted by molar-refractivity contribution is 7.92. The van der Waals surface area contributed by atoms with Gasteiger partial charge < -0.3 is 19.7 Å². The average molecular weight is 665 g/mol. The van der Waals surface area contributed by atoms with Gasteiger partial charge in [0.15, 0.2) is 11.5 Å². The standard InChI is InChI=1S/C31H32Cl2FN3O6S/c1-20(31(39)35-22-5-2-3-6-22)36(18-25-26(32)7-4-8-27(25)33)30(38)19-37(23-11-9-21(34)10-12-23)44(40,41)24-13-14-28-29(17-24)43-16-15-42-28/h4,7-14,17,20,22H,2-3,5-6,15-16,18-19H2,1H3,(H,35,39). The Morgan fingerprint density at radius 2 is 1.61 bits per heavy atom. The Morgan fingerprint density at radius 3 is 2.27 bits per heavy atom. The van der Waals surface area contributed by atoms with Gasteiger partial charge in [-0.1, -0.05) is 42.1 Å². The molecule has 1 fully saturated rings. The molecular weight excluding hydrogens is 632 g/mol. The molecule has 1 aliphatic carbocycles. The van der Waals surface area contributed by atoms with E-state index in [4.69, 9.17) is 32.7 Å². The molecule has 1 saturated carbocycles. The number of sulfonamides is 1. The number of nitrogens with one attached hydrogen (secondary N) is 1. The highest BCUT2D eigenvalue weighted by atomic mass is 35.5. The molecule has 0 aromatic heterocycles. The van der Waals surface area contributed by atoms with Crippen LogP contribution < -0.4 is 19.1 Å². The Labute approximate surface area is 265 Å². The summed E-state index contributed by atoms with van der Waals surface area (Å²) in [7, 11) is -4.41. The van der Waals surface area contributed by atoms with E-state index in [2.05, 4.69) is 5.32 Å². The van der Waals surface area contributed by atoms with Crippen LogP contribution in [0.25, 0.3) is 0 Å². The summed E-state index contributed by atoms with van der Waals surface area (Å²) in [6.45, 7) is 1.29. The zero-order chi connectivity index (χ0) is 31.4. The molecular formula is C31H32Cl2FN3O6S. The minimum atomic E-state index is -4.41. The van der Waals surface area contributed by atoms with Crippen LogP contribution in [-0.4, -0.2) is 57.0 Å². The molecule has 234 valence electrons. The second-order valence-corrected chi connectivity index (χ2v) is 13.4. The SMILES string of the molecule is CC(C(=O)NC1CCCC1)N(Cc1c(Cl)cccc1Cl)C(=O)CN(c1ccc(F)cc1)S(=O)(=O)c1ccc2c(c1)OCCO2. The number of fused-ring (bicyclic) bond motifs is 1. The summed E-state index contributed by atoms with van der Waals surface area (Å²) >= 11 is 12.9. The van der Waals surface area contributed by atoms with Gasteiger partial charge in [0.25, 0.3) is 10.0 Å². The van der Waals surface area contributed by atoms with Gasteiger partial charge in [0.05, 0.1) is 10.6 Å². The van der Waals surface area contributed by atoms with E-state index in [1.807, 2.05) is 0 Å². The molecule has 5 rings (SSSR count). The summed E-state index contributed by atoms with van der Waals surface area (Å²) in [5, 5.41) is 3.59. The molecule has 44 heavy (non-hydrogen) atoms. The normalized spacial score (nSPS) is 15.5. The lowest BCUT2D eigenvalue weighted by atomic mass is 10.1. The predicted octanol–water partition coefficient (Wildman–Crippen LogP) is 5.58. The predicted molar refractivity (Wildman–Crippen MR) is 165 cm³/mol. The molecule has 0 radical (unpaired) electrons. The van der Waals surface area contributed by atoms with E-state index in [0.29, 0.717) is 17.9 Å². The number of nitrogens with zero attached hydrogens (tertiary/aromatic N) is 2. The van der Waals surface area contributed by atoms with Crippen LogP contribution in [0.1, 0.15) is 38.2 Å². The molecule has 2 amide bonds. The number of halogens is 3. The maximum atomic E-state index is 14.1. The van der Waals surface area contributed by atoms with E-state index >= 15 is 0 Å². The molecule has 1 N–H and O–H groups in total. The number of anilines is 1. The number of carbonyl (C=O) groups is 2. The highest BCUT2D eigenvalue weighted by Crippen LogP contribution is 2.35. The number of amides is 2. The monoisotopic (exact) mass is 663 g/mol. The van der Waals surface area contributed by atoms with Crippen LogP contribution in [0.5, 0.6) is 11.5 Å². The smallest absolute Gasteiger partial charge is 0.264 e. The van der Waals surface area contributed by atoms with Crippen LogP contribution in [0.2, 0.25) is 10.0 Å². The van der Waals surface area contributed by atoms with Crippen LogP contribution >= 0.6 is 23.2 Å². The first kappa shape index (κ1) is 31.9. The van der Waals surface area contributed by atoms with Crippen molar-refractivity contribution in [2.24, 2.45) is 0 Å². The van der Waals surface area contributed by atoms with Crippen LogP contribution in [0.15, 0.2) is 65.6 Å². The Hall–Kier alpha value is -3.54. The Bertz CT molecular complexity index is 1610. The zero-order valence-electron chi connectivity index (χ0n) is 24.0. The molecule has 13 heteroatoms. The van der Waals surface area contributed by atoms with Gasteiger partial charge in [-0.05, 0) is 68.3 Å². The van der Waals surface area contributed by atoms with Gasteiger partial charge in [0.2, 0.25) is 11.8 Å². The zero-order valence-corrected chi connectivity index (χ0v) is 26.3. The van der Waals surface area contributed by atoms with E-state index < -0.39 is 34.3 Å². The third-order valence-electron chi connectivity index (χ3n) is 7.75. The minimum Gasteiger partial charge on any atom is -0.486 e. The first-order valence-electron chi connectivity index (χ1n) is 14.3. The summed E-state index contributed by atoms with van der Waals surface area (Å²) in [4.78, 5) is 28.6. The first-order valence-corrected chi connectivity index (χ1v) is 16.4. The Kier molecular flexibility index (Phi) is 9.87. The van der Waals surface area contributed by atoms with Crippen molar-refractivity contribution in [1.82, 2.24) is 10.2 Å². The maximum Gasteiger partial charge on any atom is 0.264 e. The molecule has 2 aliphatic rings. The van der Waals surface area contributed by atoms with Crippen molar-refractivity contribution in [3.8, 4) is 11.5 Å². The number of hydrogen-bond donors (Lipinski definition) is 1. The quantitative estimate of drug-likeness (QED) is 0.304. The second kappa shape index (κ2) is 13.6. The third kappa shape index (κ3) is 7.06. The molecule has 0 spiro atoms. The molecule has 1 aliphatic heterocycles. The summed E-state index contributed by atoms with van der Waals surface area (Å²) in [6, 6.07) is 12.8. The van der Waals surface area contributed by atoms with Gasteiger partial charge in [0, 0.05) is 34.3 Å². The lowest BCUT2D eigenvalue weighted by molar-refractivity contribution is -0.139. The summed E-state index contributed by atoms with van der Waals surface area (Å²) in [5.41, 5.74) is 0.459. The van der Waals surface area contributed by atoms with Gasteiger partial charge in [-0.15, -0.1) is 0 Å². The van der Waals surface area contributed by atoms with Crippen LogP contribution in [0, 0.1) is 5.82 Å². The molecule has 9 nitrogen and oxygen atoms in total. The fourth-order valence-electron chi connectivity index (χ4n) is 5.28. The Balaban J connectivity index is 1.50. The summed E-state index contributed by atoms with van der Waals surface area (Å²) in [5.74, 6) is -1.01. The van der Waals surface area contributed by atoms with E-state index in [9.17, 15) is 22.4 Å². The van der Waals surface area contributed by atoms with Gasteiger partial charge in [-0.3, -0.25) is 13.9 Å². The lowest BCUT2D eigenvalue weighted by Gasteiger charge is -2.33. The molecule has 0 saturated heterocycles. The number of benzene rings is 3. The number of carbonyl (C=O) groups excluding carboxylic acids is 2. The number of rotatable bonds is 10. The topological polar surface area (TPSA) is 105 Å². The van der Waals surface area contributed by atoms with Crippen molar-refractivity contribution in [2.75, 3.05) is 24.1 Å². The minimum absolute atomic E-state index is 0.00268. The van der Waals surface area contributed by atoms with Crippen molar-refractivity contribution in [3.05, 3.63) is 82.1 Å². The van der Waals surface area contributed by atoms with Gasteiger partial charge in [0.1, 0.15) is 31.6 Å². The molecule has 0 bridgehead atoms. The first-order chi connectivity index (χ1) is 21.0. The van der Waals surface area contributed by atoms with E-state index in [1.54, 1.807) is 25.1 Å². The van der Waals surface area contributed by atoms with Crippen molar-refractivity contribution >= 4 is 50.7 Å². The number of hydrogen-bond acceptors (Lipinski definition) is 6. The maximum absolute atomic E-state index is 14.1. The molecule has 3 aromatic carbocycles. The molecule has 1 atom stereocenters. The van der Waals surface area contributed by atoms with Crippen LogP contribution in [-0.2, 0) is 26.2 Å². The van der Waals surface area contributed by atoms with E-state index in [0.717, 1.165) is 42.1 Å². The molecule has 1 heterocycles. The van der Waals surface area contributed by atoms with Crippen LogP contribution in [0.3, 0.4) is 0 Å². The Morgan fingerprint density at radius 1 is 0.977 bits per heavy atom. The summed E-state index contributed by atoms with van der Waals surface area (Å²) < 4.78 is 54.1. The van der Waals surface area contributed by atoms with Crippen molar-refractivity contribution in [1.29, 1.82) is 0 Å². The third-order valence-corrected chi connectivity index (χ3v) is 10.2. The van der Waals surface area contributed by atoms with E-state index in [-0.39, 0.29) is 51.5 Å². The molecule has 3 aromatic rings. The van der Waals surface area contributed by atoms with Gasteiger partial charge in [-0.2, -0.15) is 0 Å². The molecule has 1 unspecified atom stereocenters. The van der Waals surface area contributed by atoms with Crippen molar-refractivity contribution in [3.63, 3.8) is 0 Å². The largest absolute Gasteiger partial charge is 0.486 e. The van der Waals surface area contributed by atoms with Crippen LogP contribution in [0.4, 0.5) is 10.1 Å². The van der Waals surface area contributed by atoms with E-state index in [1.165, 1.54) is 35.2 Å². The van der Waals surface area contributed by atoms with Crippen molar-refractivity contribution in [2.45, 2.75) is 56.1 Å². The lowest BCUT2D eigenvalue weighted by Crippen LogP contribution is -2.52. The number of ether oxygens (including phenoxy) is 2. The van der Waals surface area contributed by atoms with Gasteiger partial charge >= 0.3 is 0 Å². The summed E-state index contributed by atoms with van der Waals surface area (Å²) in [6.07, 6.45) is 3.69.